The third-order valence-corrected chi connectivity index (χ3v) is 4.03. The highest BCUT2D eigenvalue weighted by atomic mass is 79.9. The van der Waals surface area contributed by atoms with Crippen LogP contribution in [0.3, 0.4) is 0 Å². The standard InChI is InChI=1S/C14H11BrN4O2.C2HF3O2.CH4/c1-20-10-4-7(15)2-6-3-8-11(17)9(5-16)13(18)19-14(8)21-12(6)10;3-2(4,5)1(6)7;/h2,4H,3H2,1H3,(H4,17,18,19);(H,6,7);1H4. The van der Waals surface area contributed by atoms with Crippen LogP contribution in [-0.2, 0) is 11.2 Å². The molecule has 2 aromatic rings. The Hall–Kier alpha value is -3.20. The van der Waals surface area contributed by atoms with E-state index >= 15 is 0 Å². The summed E-state index contributed by atoms with van der Waals surface area (Å²) in [5.74, 6) is -1.20. The van der Waals surface area contributed by atoms with Gasteiger partial charge < -0.3 is 26.0 Å². The quantitative estimate of drug-likeness (QED) is 0.479. The first kappa shape index (κ1) is 23.8. The zero-order chi connectivity index (χ0) is 21.2. The van der Waals surface area contributed by atoms with Gasteiger partial charge in [-0.3, -0.25) is 0 Å². The van der Waals surface area contributed by atoms with Gasteiger partial charge in [0.05, 0.1) is 12.8 Å². The molecular weight excluding hydrogens is 461 g/mol. The van der Waals surface area contributed by atoms with Gasteiger partial charge in [0.1, 0.15) is 17.5 Å². The van der Waals surface area contributed by atoms with Gasteiger partial charge in [0, 0.05) is 22.0 Å². The van der Waals surface area contributed by atoms with Crippen LogP contribution in [0.5, 0.6) is 17.4 Å². The van der Waals surface area contributed by atoms with Gasteiger partial charge in [0.2, 0.25) is 5.88 Å². The van der Waals surface area contributed by atoms with Gasteiger partial charge in [-0.2, -0.15) is 23.4 Å². The van der Waals surface area contributed by atoms with Crippen molar-refractivity contribution in [1.29, 1.82) is 5.26 Å². The molecule has 0 fully saturated rings. The summed E-state index contributed by atoms with van der Waals surface area (Å²) in [5, 5.41) is 16.2. The van der Waals surface area contributed by atoms with Crippen molar-refractivity contribution in [2.75, 3.05) is 18.6 Å². The zero-order valence-corrected chi connectivity index (χ0v) is 15.7. The predicted molar refractivity (Wildman–Crippen MR) is 102 cm³/mol. The molecule has 0 radical (unpaired) electrons. The van der Waals surface area contributed by atoms with Crippen molar-refractivity contribution in [3.63, 3.8) is 0 Å². The largest absolute Gasteiger partial charge is 0.493 e. The van der Waals surface area contributed by atoms with E-state index in [1.54, 1.807) is 13.2 Å². The van der Waals surface area contributed by atoms with E-state index in [9.17, 15) is 13.2 Å². The van der Waals surface area contributed by atoms with Gasteiger partial charge in [-0.15, -0.1) is 0 Å². The minimum atomic E-state index is -5.08. The molecule has 1 aliphatic rings. The van der Waals surface area contributed by atoms with Crippen molar-refractivity contribution in [3.8, 4) is 23.4 Å². The molecule has 5 N–H and O–H groups in total. The molecule has 2 heterocycles. The first-order chi connectivity index (χ1) is 13.0. The van der Waals surface area contributed by atoms with Gasteiger partial charge >= 0.3 is 12.1 Å². The number of aromatic nitrogens is 1. The number of aliphatic carboxylic acids is 1. The average Bonchev–Trinajstić information content (AvgIpc) is 2.60. The lowest BCUT2D eigenvalue weighted by Gasteiger charge is -2.23. The van der Waals surface area contributed by atoms with E-state index in [4.69, 9.17) is 36.1 Å². The Morgan fingerprint density at radius 2 is 2.00 bits per heavy atom. The number of nitrogen functional groups attached to an aromatic ring is 2. The lowest BCUT2D eigenvalue weighted by atomic mass is 9.99. The summed E-state index contributed by atoms with van der Waals surface area (Å²) < 4.78 is 43.7. The number of halogens is 4. The van der Waals surface area contributed by atoms with Gasteiger partial charge in [-0.05, 0) is 12.1 Å². The maximum Gasteiger partial charge on any atom is 0.490 e. The molecule has 1 aromatic carbocycles. The number of ether oxygens (including phenoxy) is 2. The van der Waals surface area contributed by atoms with Crippen LogP contribution in [0.1, 0.15) is 24.1 Å². The molecule has 0 spiro atoms. The Kier molecular flexibility index (Phi) is 7.29. The second-order valence-corrected chi connectivity index (χ2v) is 6.27. The lowest BCUT2D eigenvalue weighted by molar-refractivity contribution is -0.192. The number of carbonyl (C=O) groups is 1. The first-order valence-corrected chi connectivity index (χ1v) is 8.11. The minimum absolute atomic E-state index is 0. The van der Waals surface area contributed by atoms with Crippen LogP contribution >= 0.6 is 15.9 Å². The second kappa shape index (κ2) is 8.87. The van der Waals surface area contributed by atoms with Crippen LogP contribution in [0.15, 0.2) is 16.6 Å². The summed E-state index contributed by atoms with van der Waals surface area (Å²) in [4.78, 5) is 13.0. The van der Waals surface area contributed by atoms with Crippen LogP contribution in [0.2, 0.25) is 0 Å². The summed E-state index contributed by atoms with van der Waals surface area (Å²) in [6.07, 6.45) is -4.59. The monoisotopic (exact) mass is 476 g/mol. The van der Waals surface area contributed by atoms with E-state index in [2.05, 4.69) is 20.9 Å². The Balaban J connectivity index is 0.000000456. The number of rotatable bonds is 1. The third kappa shape index (κ3) is 5.00. The summed E-state index contributed by atoms with van der Waals surface area (Å²) in [6.45, 7) is 0. The molecule has 0 bridgehead atoms. The number of nitrogens with zero attached hydrogens (tertiary/aromatic N) is 2. The highest BCUT2D eigenvalue weighted by molar-refractivity contribution is 9.10. The zero-order valence-electron chi connectivity index (χ0n) is 14.1. The van der Waals surface area contributed by atoms with Crippen LogP contribution < -0.4 is 20.9 Å². The van der Waals surface area contributed by atoms with E-state index in [1.165, 1.54) is 0 Å². The number of hydrogen-bond acceptors (Lipinski definition) is 7. The minimum Gasteiger partial charge on any atom is -0.493 e. The van der Waals surface area contributed by atoms with Gasteiger partial charge in [-0.25, -0.2) is 4.79 Å². The van der Waals surface area contributed by atoms with Crippen LogP contribution in [0.25, 0.3) is 0 Å². The van der Waals surface area contributed by atoms with Crippen molar-refractivity contribution in [2.45, 2.75) is 20.0 Å². The van der Waals surface area contributed by atoms with Gasteiger partial charge in [0.25, 0.3) is 0 Å². The molecule has 0 amide bonds. The van der Waals surface area contributed by atoms with Crippen molar-refractivity contribution in [2.24, 2.45) is 0 Å². The average molecular weight is 477 g/mol. The number of methoxy groups -OCH3 is 1. The molecule has 29 heavy (non-hydrogen) atoms. The maximum absolute atomic E-state index is 10.6. The fourth-order valence-corrected chi connectivity index (χ4v) is 2.80. The third-order valence-electron chi connectivity index (χ3n) is 3.57. The molecule has 156 valence electrons. The number of alkyl halides is 3. The molecule has 8 nitrogen and oxygen atoms in total. The molecule has 3 rings (SSSR count). The highest BCUT2D eigenvalue weighted by Crippen LogP contribution is 2.45. The Bertz CT molecular complexity index is 990. The molecular formula is C17H16BrF3N4O4. The maximum atomic E-state index is 10.6. The number of pyridine rings is 1. The smallest absolute Gasteiger partial charge is 0.490 e. The molecule has 0 aliphatic carbocycles. The molecule has 0 unspecified atom stereocenters. The second-order valence-electron chi connectivity index (χ2n) is 5.36. The summed E-state index contributed by atoms with van der Waals surface area (Å²) in [5.41, 5.74) is 13.8. The van der Waals surface area contributed by atoms with Crippen molar-refractivity contribution < 1.29 is 32.5 Å². The van der Waals surface area contributed by atoms with E-state index in [0.29, 0.717) is 35.1 Å². The Morgan fingerprint density at radius 3 is 2.48 bits per heavy atom. The number of carboxylic acids is 1. The lowest BCUT2D eigenvalue weighted by Crippen LogP contribution is -2.21. The fourth-order valence-electron chi connectivity index (χ4n) is 2.32. The normalized spacial score (nSPS) is 11.3. The van der Waals surface area contributed by atoms with Crippen LogP contribution in [-0.4, -0.2) is 29.3 Å². The number of hydrogen-bond donors (Lipinski definition) is 3. The fraction of sp³-hybridized carbons (Fsp3) is 0.235. The van der Waals surface area contributed by atoms with Crippen molar-refractivity contribution in [3.05, 3.63) is 33.3 Å². The van der Waals surface area contributed by atoms with E-state index < -0.39 is 12.1 Å². The predicted octanol–water partition coefficient (Wildman–Crippen LogP) is 3.85. The van der Waals surface area contributed by atoms with E-state index in [-0.39, 0.29) is 18.8 Å². The summed E-state index contributed by atoms with van der Waals surface area (Å²) in [7, 11) is 1.57. The van der Waals surface area contributed by atoms with Crippen molar-refractivity contribution >= 4 is 33.4 Å². The van der Waals surface area contributed by atoms with Gasteiger partial charge in [-0.1, -0.05) is 23.4 Å². The SMILES string of the molecule is C.COc1cc(Br)cc2c1Oc1nc(N)c(C#N)c(N)c1C2.O=C(O)C(F)(F)F. The molecule has 0 saturated heterocycles. The molecule has 0 atom stereocenters. The van der Waals surface area contributed by atoms with E-state index in [0.717, 1.165) is 10.0 Å². The van der Waals surface area contributed by atoms with Crippen LogP contribution in [0.4, 0.5) is 24.7 Å². The Labute approximate surface area is 172 Å². The molecule has 1 aromatic heterocycles. The molecule has 1 aliphatic heterocycles. The topological polar surface area (TPSA) is 144 Å². The number of nitrogens with two attached hydrogens (primary N) is 2. The summed E-state index contributed by atoms with van der Waals surface area (Å²) >= 11 is 3.43. The number of anilines is 2. The number of carboxylic acid groups (broad SMARTS) is 1. The highest BCUT2D eigenvalue weighted by Gasteiger charge is 2.38. The Morgan fingerprint density at radius 1 is 1.41 bits per heavy atom. The number of fused-ring (bicyclic) bond motifs is 2. The number of benzene rings is 1. The molecule has 12 heteroatoms. The number of nitriles is 1. The van der Waals surface area contributed by atoms with Crippen LogP contribution in [0, 0.1) is 11.3 Å². The van der Waals surface area contributed by atoms with Gasteiger partial charge in [0.15, 0.2) is 11.5 Å². The van der Waals surface area contributed by atoms with Crippen molar-refractivity contribution in [1.82, 2.24) is 4.98 Å². The first-order valence-electron chi connectivity index (χ1n) is 7.31. The summed E-state index contributed by atoms with van der Waals surface area (Å²) in [6, 6.07) is 5.69. The molecule has 0 saturated carbocycles. The van der Waals surface area contributed by atoms with E-state index in [1.807, 2.05) is 12.1 Å².